The topological polar surface area (TPSA) is 42.2 Å². The zero-order chi connectivity index (χ0) is 12.5. The van der Waals surface area contributed by atoms with Gasteiger partial charge in [-0.15, -0.1) is 0 Å². The molecule has 2 aromatic rings. The standard InChI is InChI=1S/C15H15NO2/c17-15(18)13-8-9-16-12(6-7-14(13)16)10-11-4-2-1-3-5-11/h1-7,13H,8-10H2,(H,17,18). The molecule has 0 fully saturated rings. The number of fused-ring (bicyclic) bond motifs is 1. The van der Waals surface area contributed by atoms with E-state index in [4.69, 9.17) is 5.11 Å². The van der Waals surface area contributed by atoms with E-state index in [0.717, 1.165) is 18.7 Å². The highest BCUT2D eigenvalue weighted by Crippen LogP contribution is 2.31. The van der Waals surface area contributed by atoms with Crippen LogP contribution in [0.4, 0.5) is 0 Å². The number of carboxylic acid groups (broad SMARTS) is 1. The molecule has 2 heterocycles. The molecule has 1 aromatic carbocycles. The normalized spacial score (nSPS) is 17.7. The number of rotatable bonds is 3. The maximum Gasteiger partial charge on any atom is 0.312 e. The van der Waals surface area contributed by atoms with Crippen molar-refractivity contribution >= 4 is 5.97 Å². The predicted octanol–water partition coefficient (Wildman–Crippen LogP) is 2.65. The van der Waals surface area contributed by atoms with Crippen LogP contribution in [0.2, 0.25) is 0 Å². The van der Waals surface area contributed by atoms with E-state index in [2.05, 4.69) is 22.8 Å². The molecule has 0 bridgehead atoms. The quantitative estimate of drug-likeness (QED) is 0.897. The summed E-state index contributed by atoms with van der Waals surface area (Å²) in [7, 11) is 0. The molecule has 3 heteroatoms. The van der Waals surface area contributed by atoms with Crippen molar-refractivity contribution < 1.29 is 9.90 Å². The van der Waals surface area contributed by atoms with Crippen molar-refractivity contribution in [2.24, 2.45) is 0 Å². The van der Waals surface area contributed by atoms with Gasteiger partial charge >= 0.3 is 5.97 Å². The van der Waals surface area contributed by atoms with Crippen molar-refractivity contribution in [3.63, 3.8) is 0 Å². The fourth-order valence-corrected chi connectivity index (χ4v) is 2.72. The molecule has 0 spiro atoms. The zero-order valence-corrected chi connectivity index (χ0v) is 10.0. The van der Waals surface area contributed by atoms with Gasteiger partial charge in [0.25, 0.3) is 0 Å². The first-order valence-electron chi connectivity index (χ1n) is 6.21. The summed E-state index contributed by atoms with van der Waals surface area (Å²) >= 11 is 0. The van der Waals surface area contributed by atoms with E-state index in [-0.39, 0.29) is 5.92 Å². The van der Waals surface area contributed by atoms with Gasteiger partial charge in [-0.2, -0.15) is 0 Å². The SMILES string of the molecule is O=C(O)C1CCn2c(Cc3ccccc3)ccc21. The van der Waals surface area contributed by atoms with Gasteiger partial charge < -0.3 is 9.67 Å². The summed E-state index contributed by atoms with van der Waals surface area (Å²) in [5.74, 6) is -1.03. The lowest BCUT2D eigenvalue weighted by Crippen LogP contribution is -2.07. The summed E-state index contributed by atoms with van der Waals surface area (Å²) in [6, 6.07) is 14.3. The molecule has 1 aromatic heterocycles. The first kappa shape index (κ1) is 11.1. The highest BCUT2D eigenvalue weighted by molar-refractivity contribution is 5.76. The molecule has 0 radical (unpaired) electrons. The summed E-state index contributed by atoms with van der Waals surface area (Å²) in [4.78, 5) is 11.1. The molecule has 1 aliphatic heterocycles. The van der Waals surface area contributed by atoms with Gasteiger partial charge in [0.1, 0.15) is 0 Å². The smallest absolute Gasteiger partial charge is 0.312 e. The minimum Gasteiger partial charge on any atom is -0.481 e. The first-order chi connectivity index (χ1) is 8.75. The third kappa shape index (κ3) is 1.82. The second kappa shape index (κ2) is 4.33. The van der Waals surface area contributed by atoms with Gasteiger partial charge in [-0.3, -0.25) is 4.79 Å². The van der Waals surface area contributed by atoms with Gasteiger partial charge in [-0.25, -0.2) is 0 Å². The van der Waals surface area contributed by atoms with Crippen LogP contribution in [0.25, 0.3) is 0 Å². The molecular weight excluding hydrogens is 226 g/mol. The van der Waals surface area contributed by atoms with Crippen molar-refractivity contribution in [1.29, 1.82) is 0 Å². The Balaban J connectivity index is 1.88. The van der Waals surface area contributed by atoms with Crippen LogP contribution in [0, 0.1) is 0 Å². The van der Waals surface area contributed by atoms with Crippen LogP contribution in [0.5, 0.6) is 0 Å². The largest absolute Gasteiger partial charge is 0.481 e. The van der Waals surface area contributed by atoms with Gasteiger partial charge in [0.15, 0.2) is 0 Å². The summed E-state index contributed by atoms with van der Waals surface area (Å²) < 4.78 is 2.16. The molecule has 0 aliphatic carbocycles. The van der Waals surface area contributed by atoms with Crippen molar-refractivity contribution in [1.82, 2.24) is 4.57 Å². The average Bonchev–Trinajstić information content (AvgIpc) is 2.93. The number of hydrogen-bond donors (Lipinski definition) is 1. The molecule has 3 nitrogen and oxygen atoms in total. The zero-order valence-electron chi connectivity index (χ0n) is 10.0. The van der Waals surface area contributed by atoms with Crippen LogP contribution in [-0.4, -0.2) is 15.6 Å². The fourth-order valence-electron chi connectivity index (χ4n) is 2.72. The Morgan fingerprint density at radius 2 is 2.00 bits per heavy atom. The number of benzene rings is 1. The Kier molecular flexibility index (Phi) is 2.67. The molecule has 1 unspecified atom stereocenters. The third-order valence-electron chi connectivity index (χ3n) is 3.63. The van der Waals surface area contributed by atoms with Crippen molar-refractivity contribution in [3.05, 3.63) is 59.4 Å². The number of aliphatic carboxylic acids is 1. The first-order valence-corrected chi connectivity index (χ1v) is 6.21. The molecule has 1 atom stereocenters. The van der Waals surface area contributed by atoms with E-state index in [1.165, 1.54) is 11.3 Å². The molecule has 18 heavy (non-hydrogen) atoms. The lowest BCUT2D eigenvalue weighted by molar-refractivity contribution is -0.138. The van der Waals surface area contributed by atoms with Crippen LogP contribution >= 0.6 is 0 Å². The summed E-state index contributed by atoms with van der Waals surface area (Å²) in [6.07, 6.45) is 1.58. The third-order valence-corrected chi connectivity index (χ3v) is 3.63. The minimum atomic E-state index is -0.710. The Morgan fingerprint density at radius 1 is 1.22 bits per heavy atom. The molecule has 1 N–H and O–H groups in total. The van der Waals surface area contributed by atoms with Gasteiger partial charge in [0.05, 0.1) is 5.92 Å². The number of aromatic nitrogens is 1. The average molecular weight is 241 g/mol. The predicted molar refractivity (Wildman–Crippen MR) is 68.7 cm³/mol. The molecular formula is C15H15NO2. The monoisotopic (exact) mass is 241 g/mol. The van der Waals surface area contributed by atoms with E-state index >= 15 is 0 Å². The summed E-state index contributed by atoms with van der Waals surface area (Å²) in [6.45, 7) is 0.821. The van der Waals surface area contributed by atoms with Crippen molar-refractivity contribution in [2.45, 2.75) is 25.3 Å². The van der Waals surface area contributed by atoms with Crippen LogP contribution in [-0.2, 0) is 17.8 Å². The molecule has 92 valence electrons. The van der Waals surface area contributed by atoms with Crippen LogP contribution in [0.3, 0.4) is 0 Å². The number of carboxylic acids is 1. The second-order valence-corrected chi connectivity index (χ2v) is 4.74. The lowest BCUT2D eigenvalue weighted by Gasteiger charge is -2.06. The number of carbonyl (C=O) groups is 1. The van der Waals surface area contributed by atoms with Crippen LogP contribution in [0.15, 0.2) is 42.5 Å². The van der Waals surface area contributed by atoms with Crippen LogP contribution in [0.1, 0.15) is 29.3 Å². The Bertz CT molecular complexity index is 571. The number of hydrogen-bond acceptors (Lipinski definition) is 1. The Morgan fingerprint density at radius 3 is 2.72 bits per heavy atom. The number of nitrogens with zero attached hydrogens (tertiary/aromatic N) is 1. The summed E-state index contributed by atoms with van der Waals surface area (Å²) in [5, 5.41) is 9.15. The highest BCUT2D eigenvalue weighted by atomic mass is 16.4. The van der Waals surface area contributed by atoms with Gasteiger partial charge in [0.2, 0.25) is 0 Å². The van der Waals surface area contributed by atoms with Crippen LogP contribution < -0.4 is 0 Å². The Hall–Kier alpha value is -2.03. The maximum absolute atomic E-state index is 11.1. The summed E-state index contributed by atoms with van der Waals surface area (Å²) in [5.41, 5.74) is 3.42. The minimum absolute atomic E-state index is 0.325. The van der Waals surface area contributed by atoms with Crippen molar-refractivity contribution in [3.8, 4) is 0 Å². The Labute approximate surface area is 106 Å². The van der Waals surface area contributed by atoms with E-state index < -0.39 is 5.97 Å². The van der Waals surface area contributed by atoms with Gasteiger partial charge in [-0.1, -0.05) is 30.3 Å². The van der Waals surface area contributed by atoms with E-state index in [1.54, 1.807) is 0 Å². The second-order valence-electron chi connectivity index (χ2n) is 4.74. The van der Waals surface area contributed by atoms with E-state index in [0.29, 0.717) is 6.42 Å². The molecule has 1 aliphatic rings. The van der Waals surface area contributed by atoms with Gasteiger partial charge in [-0.05, 0) is 24.1 Å². The lowest BCUT2D eigenvalue weighted by atomic mass is 10.1. The molecule has 3 rings (SSSR count). The fraction of sp³-hybridized carbons (Fsp3) is 0.267. The molecule has 0 amide bonds. The van der Waals surface area contributed by atoms with Crippen molar-refractivity contribution in [2.75, 3.05) is 0 Å². The van der Waals surface area contributed by atoms with E-state index in [1.807, 2.05) is 24.3 Å². The van der Waals surface area contributed by atoms with E-state index in [9.17, 15) is 4.79 Å². The molecule has 0 saturated carbocycles. The maximum atomic E-state index is 11.1. The molecule has 0 saturated heterocycles. The van der Waals surface area contributed by atoms with Gasteiger partial charge in [0, 0.05) is 24.4 Å². The highest BCUT2D eigenvalue weighted by Gasteiger charge is 2.29.